The lowest BCUT2D eigenvalue weighted by Crippen LogP contribution is -2.09. The molecule has 0 unspecified atom stereocenters. The smallest absolute Gasteiger partial charge is 0.226 e. The second-order valence-corrected chi connectivity index (χ2v) is 9.95. The monoisotopic (exact) mass is 491 g/mol. The summed E-state index contributed by atoms with van der Waals surface area (Å²) in [6, 6.07) is 10.00. The molecule has 0 radical (unpaired) electrons. The van der Waals surface area contributed by atoms with Gasteiger partial charge in [-0.3, -0.25) is 9.79 Å². The molecule has 0 bridgehead atoms. The molecule has 0 saturated heterocycles. The molecule has 5 heteroatoms. The number of carbonyl (C=O) groups is 1. The van der Waals surface area contributed by atoms with Crippen LogP contribution in [0.5, 0.6) is 0 Å². The van der Waals surface area contributed by atoms with Crippen LogP contribution in [-0.2, 0) is 11.2 Å². The fourth-order valence-electron chi connectivity index (χ4n) is 3.85. The van der Waals surface area contributed by atoms with Crippen LogP contribution in [0.1, 0.15) is 98.8 Å². The summed E-state index contributed by atoms with van der Waals surface area (Å²) in [5.41, 5.74) is 3.80. The van der Waals surface area contributed by atoms with E-state index in [1.54, 1.807) is 0 Å². The Balaban J connectivity index is 0.00000163. The summed E-state index contributed by atoms with van der Waals surface area (Å²) in [7, 11) is 0. The minimum Gasteiger partial charge on any atom is -0.339 e. The molecule has 0 amide bonds. The van der Waals surface area contributed by atoms with Gasteiger partial charge in [0, 0.05) is 26.4 Å². The molecule has 0 fully saturated rings. The maximum absolute atomic E-state index is 12.6. The van der Waals surface area contributed by atoms with Gasteiger partial charge in [-0.2, -0.15) is 4.98 Å². The van der Waals surface area contributed by atoms with Crippen molar-refractivity contribution in [3.63, 3.8) is 0 Å². The Labute approximate surface area is 219 Å². The number of allylic oxidation sites excluding steroid dienone is 6. The number of hydrogen-bond acceptors (Lipinski definition) is 5. The Hall–Kier alpha value is -3.08. The van der Waals surface area contributed by atoms with Crippen LogP contribution in [0.2, 0.25) is 0 Å². The molecule has 1 aromatic heterocycles. The number of hydrogen-bond donors (Lipinski definition) is 0. The van der Waals surface area contributed by atoms with Crippen molar-refractivity contribution in [3.8, 4) is 0 Å². The number of ketones is 1. The fraction of sp³-hybridized carbons (Fsp3) is 0.484. The first-order valence-electron chi connectivity index (χ1n) is 13.3. The molecule has 0 saturated carbocycles. The molecule has 2 aromatic rings. The highest BCUT2D eigenvalue weighted by molar-refractivity contribution is 6.12. The van der Waals surface area contributed by atoms with Gasteiger partial charge in [0.05, 0.1) is 5.71 Å². The maximum Gasteiger partial charge on any atom is 0.226 e. The van der Waals surface area contributed by atoms with E-state index >= 15 is 0 Å². The first kappa shape index (κ1) is 29.2. The van der Waals surface area contributed by atoms with Gasteiger partial charge in [-0.1, -0.05) is 94.3 Å². The van der Waals surface area contributed by atoms with Crippen LogP contribution in [0, 0.1) is 5.41 Å². The van der Waals surface area contributed by atoms with Gasteiger partial charge >= 0.3 is 0 Å². The quantitative estimate of drug-likeness (QED) is 0.180. The average Bonchev–Trinajstić information content (AvgIpc) is 3.33. The predicted molar refractivity (Wildman–Crippen MR) is 152 cm³/mol. The number of nitrogens with zero attached hydrogens (tertiary/aromatic N) is 3. The highest BCUT2D eigenvalue weighted by atomic mass is 16.5. The van der Waals surface area contributed by atoms with Gasteiger partial charge in [0.1, 0.15) is 0 Å². The summed E-state index contributed by atoms with van der Waals surface area (Å²) in [5, 5.41) is 4.14. The number of Topliss-reactive ketones (excluding diaryl/α,β-unsaturated/α-hetero) is 1. The van der Waals surface area contributed by atoms with E-state index in [4.69, 9.17) is 4.52 Å². The molecule has 0 spiro atoms. The van der Waals surface area contributed by atoms with Crippen LogP contribution in [0.15, 0.2) is 69.7 Å². The third-order valence-electron chi connectivity index (χ3n) is 5.70. The molecule has 1 aromatic carbocycles. The SMILES string of the molecule is CCC.CCN=C(/C=C(\C)C(=O)CCCCCc1nc(C2=CC(C)(C)CC=C2)no1)c1ccccc1.[HH]. The molecule has 36 heavy (non-hydrogen) atoms. The average molecular weight is 492 g/mol. The number of aryl methyl sites for hydroxylation is 1. The van der Waals surface area contributed by atoms with Crippen molar-refractivity contribution in [1.82, 2.24) is 10.1 Å². The third-order valence-corrected chi connectivity index (χ3v) is 5.70. The summed E-state index contributed by atoms with van der Waals surface area (Å²) in [4.78, 5) is 21.7. The van der Waals surface area contributed by atoms with Gasteiger partial charge in [-0.15, -0.1) is 0 Å². The number of unbranched alkanes of at least 4 members (excludes halogenated alkanes) is 2. The highest BCUT2D eigenvalue weighted by Gasteiger charge is 2.20. The Kier molecular flexibility index (Phi) is 12.2. The number of carbonyl (C=O) groups excluding carboxylic acids is 1. The van der Waals surface area contributed by atoms with Crippen molar-refractivity contribution >= 4 is 17.1 Å². The number of aromatic nitrogens is 2. The van der Waals surface area contributed by atoms with E-state index in [1.165, 1.54) is 6.42 Å². The van der Waals surface area contributed by atoms with Gasteiger partial charge in [0.25, 0.3) is 0 Å². The van der Waals surface area contributed by atoms with E-state index in [1.807, 2.05) is 50.3 Å². The highest BCUT2D eigenvalue weighted by Crippen LogP contribution is 2.32. The Morgan fingerprint density at radius 2 is 1.86 bits per heavy atom. The molecule has 0 N–H and O–H groups in total. The van der Waals surface area contributed by atoms with Crippen LogP contribution < -0.4 is 0 Å². The van der Waals surface area contributed by atoms with Crippen molar-refractivity contribution in [2.45, 2.75) is 86.5 Å². The van der Waals surface area contributed by atoms with Crippen molar-refractivity contribution in [3.05, 3.63) is 77.5 Å². The molecule has 196 valence electrons. The molecule has 5 nitrogen and oxygen atoms in total. The van der Waals surface area contributed by atoms with Gasteiger partial charge in [-0.05, 0) is 55.7 Å². The Bertz CT molecular complexity index is 1080. The number of rotatable bonds is 11. The molecule has 0 aliphatic heterocycles. The second-order valence-electron chi connectivity index (χ2n) is 9.95. The van der Waals surface area contributed by atoms with Gasteiger partial charge < -0.3 is 4.52 Å². The fourth-order valence-corrected chi connectivity index (χ4v) is 3.85. The lowest BCUT2D eigenvalue weighted by molar-refractivity contribution is -0.115. The van der Waals surface area contributed by atoms with Crippen molar-refractivity contribution in [1.29, 1.82) is 0 Å². The van der Waals surface area contributed by atoms with Crippen LogP contribution in [0.4, 0.5) is 0 Å². The zero-order valence-corrected chi connectivity index (χ0v) is 23.0. The van der Waals surface area contributed by atoms with Gasteiger partial charge in [-0.25, -0.2) is 0 Å². The van der Waals surface area contributed by atoms with E-state index < -0.39 is 0 Å². The van der Waals surface area contributed by atoms with E-state index in [0.717, 1.165) is 54.5 Å². The summed E-state index contributed by atoms with van der Waals surface area (Å²) >= 11 is 0. The number of benzene rings is 1. The van der Waals surface area contributed by atoms with E-state index in [2.05, 4.69) is 61.1 Å². The standard InChI is InChI=1S/C28H35N3O2.C3H8.H2/c1-5-29-24(22-13-8-6-9-14-22)19-21(2)25(32)16-10-7-11-17-26-30-27(31-33-26)23-15-12-18-28(3,4)20-23;1-3-2;/h6,8-9,12-15,19-20H,5,7,10-11,16-18H2,1-4H3;3H2,1-2H3;1H/b21-19+,29-24?;;. The van der Waals surface area contributed by atoms with Crippen molar-refractivity contribution in [2.75, 3.05) is 6.54 Å². The minimum absolute atomic E-state index is 0. The molecule has 1 heterocycles. The summed E-state index contributed by atoms with van der Waals surface area (Å²) < 4.78 is 5.44. The number of aliphatic imine (C=N–C) groups is 1. The third kappa shape index (κ3) is 9.88. The molecular formula is C31H45N3O2. The lowest BCUT2D eigenvalue weighted by atomic mass is 9.83. The summed E-state index contributed by atoms with van der Waals surface area (Å²) in [5.74, 6) is 1.50. The molecular weight excluding hydrogens is 446 g/mol. The maximum atomic E-state index is 12.6. The molecule has 0 atom stereocenters. The largest absolute Gasteiger partial charge is 0.339 e. The molecule has 1 aliphatic rings. The van der Waals surface area contributed by atoms with Gasteiger partial charge in [0.15, 0.2) is 5.78 Å². The normalized spacial score (nSPS) is 15.2. The summed E-state index contributed by atoms with van der Waals surface area (Å²) in [6.45, 7) is 13.2. The van der Waals surface area contributed by atoms with Crippen molar-refractivity contribution in [2.24, 2.45) is 10.4 Å². The zero-order valence-electron chi connectivity index (χ0n) is 23.0. The van der Waals surface area contributed by atoms with Crippen LogP contribution in [-0.4, -0.2) is 28.2 Å². The summed E-state index contributed by atoms with van der Waals surface area (Å²) in [6.07, 6.45) is 14.6. The first-order chi connectivity index (χ1) is 17.3. The zero-order chi connectivity index (χ0) is 26.4. The van der Waals surface area contributed by atoms with E-state index in [0.29, 0.717) is 24.7 Å². The topological polar surface area (TPSA) is 68.3 Å². The van der Waals surface area contributed by atoms with E-state index in [-0.39, 0.29) is 12.6 Å². The lowest BCUT2D eigenvalue weighted by Gasteiger charge is -2.22. The predicted octanol–water partition coefficient (Wildman–Crippen LogP) is 8.23. The first-order valence-corrected chi connectivity index (χ1v) is 13.3. The minimum atomic E-state index is 0. The molecule has 1 aliphatic carbocycles. The van der Waals surface area contributed by atoms with Crippen molar-refractivity contribution < 1.29 is 10.7 Å². The Morgan fingerprint density at radius 3 is 2.53 bits per heavy atom. The van der Waals surface area contributed by atoms with Crippen LogP contribution in [0.3, 0.4) is 0 Å². The Morgan fingerprint density at radius 1 is 1.14 bits per heavy atom. The van der Waals surface area contributed by atoms with E-state index in [9.17, 15) is 4.79 Å². The van der Waals surface area contributed by atoms with Crippen LogP contribution in [0.25, 0.3) is 5.57 Å². The molecule has 3 rings (SSSR count). The van der Waals surface area contributed by atoms with Crippen LogP contribution >= 0.6 is 0 Å². The van der Waals surface area contributed by atoms with Gasteiger partial charge in [0.2, 0.25) is 11.7 Å². The second kappa shape index (κ2) is 15.1.